The third-order valence-corrected chi connectivity index (χ3v) is 8.08. The first-order valence-corrected chi connectivity index (χ1v) is 14.5. The molecule has 0 unspecified atom stereocenters. The molecule has 0 aliphatic rings. The van der Waals surface area contributed by atoms with Crippen molar-refractivity contribution in [2.45, 2.75) is 25.5 Å². The topological polar surface area (TPSA) is 120 Å². The second-order valence-corrected chi connectivity index (χ2v) is 11.1. The molecule has 12 heteroatoms. The highest BCUT2D eigenvalue weighted by atomic mass is 32.2. The Hall–Kier alpha value is -4.42. The zero-order chi connectivity index (χ0) is 28.9. The highest BCUT2D eigenvalue weighted by Gasteiger charge is 2.19. The van der Waals surface area contributed by atoms with Crippen LogP contribution < -0.4 is 20.1 Å². The molecule has 0 radical (unpaired) electrons. The van der Waals surface area contributed by atoms with Gasteiger partial charge in [0.1, 0.15) is 11.5 Å². The number of aromatic nitrogens is 4. The number of carbonyl (C=O) groups is 2. The van der Waals surface area contributed by atoms with Crippen molar-refractivity contribution in [3.63, 3.8) is 0 Å². The van der Waals surface area contributed by atoms with E-state index in [9.17, 15) is 9.59 Å². The monoisotopic (exact) mass is 588 g/mol. The van der Waals surface area contributed by atoms with E-state index in [4.69, 9.17) is 9.47 Å². The van der Waals surface area contributed by atoms with Crippen LogP contribution in [0.1, 0.15) is 27.3 Å². The zero-order valence-electron chi connectivity index (χ0n) is 22.9. The zero-order valence-corrected chi connectivity index (χ0v) is 24.6. The molecule has 10 nitrogen and oxygen atoms in total. The average Bonchev–Trinajstić information content (AvgIpc) is 3.58. The Morgan fingerprint density at radius 3 is 2.46 bits per heavy atom. The average molecular weight is 589 g/mol. The molecule has 2 heterocycles. The number of thioether (sulfide) groups is 1. The number of aryl methyl sites for hydroxylation is 2. The first kappa shape index (κ1) is 28.1. The fourth-order valence-electron chi connectivity index (χ4n) is 4.12. The lowest BCUT2D eigenvalue weighted by Crippen LogP contribution is -2.25. The number of rotatable bonds is 10. The van der Waals surface area contributed by atoms with Gasteiger partial charge in [-0.1, -0.05) is 47.4 Å². The molecule has 0 fully saturated rings. The van der Waals surface area contributed by atoms with Crippen LogP contribution in [-0.2, 0) is 11.3 Å². The second kappa shape index (κ2) is 12.4. The molecule has 2 N–H and O–H groups in total. The van der Waals surface area contributed by atoms with E-state index in [0.29, 0.717) is 33.2 Å². The number of fused-ring (bicyclic) bond motifs is 1. The number of anilines is 1. The number of para-hydroxylation sites is 1. The Labute approximate surface area is 245 Å². The molecule has 41 heavy (non-hydrogen) atoms. The maximum absolute atomic E-state index is 13.0. The fourth-order valence-corrected chi connectivity index (χ4v) is 5.77. The molecular weight excluding hydrogens is 560 g/mol. The van der Waals surface area contributed by atoms with E-state index in [0.717, 1.165) is 27.0 Å². The van der Waals surface area contributed by atoms with Gasteiger partial charge in [0.25, 0.3) is 5.91 Å². The summed E-state index contributed by atoms with van der Waals surface area (Å²) in [6, 6.07) is 18.8. The smallest absolute Gasteiger partial charge is 0.251 e. The SMILES string of the molecule is COc1cc(OC)cc(C(=O)NCc2nnc(SCC(=O)Nc3nc4ccccc4s3)n2-c2cc(C)ccc2C)c1. The number of methoxy groups -OCH3 is 2. The van der Waals surface area contributed by atoms with Crippen molar-refractivity contribution in [3.8, 4) is 17.2 Å². The number of ether oxygens (including phenoxy) is 2. The number of nitrogens with zero attached hydrogens (tertiary/aromatic N) is 4. The van der Waals surface area contributed by atoms with Crippen molar-refractivity contribution >= 4 is 50.3 Å². The van der Waals surface area contributed by atoms with Crippen molar-refractivity contribution in [1.82, 2.24) is 25.1 Å². The van der Waals surface area contributed by atoms with Crippen LogP contribution in [0.2, 0.25) is 0 Å². The van der Waals surface area contributed by atoms with E-state index in [1.165, 1.54) is 37.3 Å². The minimum Gasteiger partial charge on any atom is -0.497 e. The van der Waals surface area contributed by atoms with E-state index in [1.54, 1.807) is 18.2 Å². The third kappa shape index (κ3) is 6.50. The predicted octanol–water partition coefficient (Wildman–Crippen LogP) is 5.17. The van der Waals surface area contributed by atoms with Gasteiger partial charge in [-0.25, -0.2) is 4.98 Å². The Kier molecular flexibility index (Phi) is 8.50. The maximum Gasteiger partial charge on any atom is 0.251 e. The van der Waals surface area contributed by atoms with Crippen LogP contribution in [0.3, 0.4) is 0 Å². The highest BCUT2D eigenvalue weighted by molar-refractivity contribution is 7.99. The predicted molar refractivity (Wildman–Crippen MR) is 161 cm³/mol. The highest BCUT2D eigenvalue weighted by Crippen LogP contribution is 2.28. The largest absolute Gasteiger partial charge is 0.497 e. The molecule has 0 spiro atoms. The number of hydrogen-bond acceptors (Lipinski definition) is 9. The summed E-state index contributed by atoms with van der Waals surface area (Å²) >= 11 is 2.69. The van der Waals surface area contributed by atoms with Gasteiger partial charge in [0.2, 0.25) is 5.91 Å². The molecule has 0 bridgehead atoms. The van der Waals surface area contributed by atoms with Crippen LogP contribution in [0.5, 0.6) is 11.5 Å². The van der Waals surface area contributed by atoms with E-state index < -0.39 is 0 Å². The van der Waals surface area contributed by atoms with Gasteiger partial charge in [0.15, 0.2) is 16.1 Å². The van der Waals surface area contributed by atoms with Crippen molar-refractivity contribution in [1.29, 1.82) is 0 Å². The first-order valence-electron chi connectivity index (χ1n) is 12.7. The minimum atomic E-state index is -0.317. The van der Waals surface area contributed by atoms with Gasteiger partial charge in [-0.05, 0) is 55.3 Å². The molecule has 3 aromatic carbocycles. The van der Waals surface area contributed by atoms with Crippen LogP contribution in [0.4, 0.5) is 5.13 Å². The molecule has 0 aliphatic heterocycles. The normalized spacial score (nSPS) is 10.9. The van der Waals surface area contributed by atoms with Gasteiger partial charge in [-0.15, -0.1) is 10.2 Å². The number of thiazole rings is 1. The van der Waals surface area contributed by atoms with E-state index in [2.05, 4.69) is 25.8 Å². The first-order chi connectivity index (χ1) is 19.8. The van der Waals surface area contributed by atoms with Gasteiger partial charge in [0, 0.05) is 11.6 Å². The molecule has 0 aliphatic carbocycles. The summed E-state index contributed by atoms with van der Waals surface area (Å²) in [5.74, 6) is 1.13. The third-order valence-electron chi connectivity index (χ3n) is 6.20. The fraction of sp³-hybridized carbons (Fsp3) is 0.207. The van der Waals surface area contributed by atoms with Gasteiger partial charge in [-0.3, -0.25) is 14.2 Å². The molecule has 0 saturated carbocycles. The standard InChI is InChI=1S/C29H28N6O4S2/c1-17-9-10-18(2)23(11-17)35-25(15-30-27(37)19-12-20(38-3)14-21(13-19)39-4)33-34-29(35)40-16-26(36)32-28-31-22-7-5-6-8-24(22)41-28/h5-14H,15-16H2,1-4H3,(H,30,37)(H,31,32,36). The summed E-state index contributed by atoms with van der Waals surface area (Å²) in [7, 11) is 3.06. The van der Waals surface area contributed by atoms with E-state index >= 15 is 0 Å². The Bertz CT molecular complexity index is 1680. The molecule has 210 valence electrons. The Morgan fingerprint density at radius 1 is 0.976 bits per heavy atom. The van der Waals surface area contributed by atoms with E-state index in [1.807, 2.05) is 60.9 Å². The van der Waals surface area contributed by atoms with Gasteiger partial charge >= 0.3 is 0 Å². The summed E-state index contributed by atoms with van der Waals surface area (Å²) in [4.78, 5) is 30.3. The van der Waals surface area contributed by atoms with Crippen molar-refractivity contribution in [2.75, 3.05) is 25.3 Å². The Morgan fingerprint density at radius 2 is 1.73 bits per heavy atom. The number of amides is 2. The number of hydrogen-bond donors (Lipinski definition) is 2. The lowest BCUT2D eigenvalue weighted by Gasteiger charge is -2.14. The lowest BCUT2D eigenvalue weighted by molar-refractivity contribution is -0.113. The molecule has 0 saturated heterocycles. The number of benzene rings is 3. The molecular formula is C29H28N6O4S2. The molecule has 2 aromatic heterocycles. The summed E-state index contributed by atoms with van der Waals surface area (Å²) in [5, 5.41) is 15.6. The lowest BCUT2D eigenvalue weighted by atomic mass is 10.1. The van der Waals surface area contributed by atoms with Crippen molar-refractivity contribution in [3.05, 3.63) is 83.2 Å². The van der Waals surface area contributed by atoms with Gasteiger partial charge in [-0.2, -0.15) is 0 Å². The van der Waals surface area contributed by atoms with Crippen LogP contribution in [0.25, 0.3) is 15.9 Å². The van der Waals surface area contributed by atoms with Crippen LogP contribution >= 0.6 is 23.1 Å². The van der Waals surface area contributed by atoms with Crippen molar-refractivity contribution < 1.29 is 19.1 Å². The summed E-state index contributed by atoms with van der Waals surface area (Å²) in [6.45, 7) is 4.11. The van der Waals surface area contributed by atoms with Crippen LogP contribution in [0.15, 0.2) is 65.8 Å². The quantitative estimate of drug-likeness (QED) is 0.214. The van der Waals surface area contributed by atoms with Crippen LogP contribution in [-0.4, -0.2) is 51.5 Å². The minimum absolute atomic E-state index is 0.106. The molecule has 5 rings (SSSR count). The Balaban J connectivity index is 1.35. The van der Waals surface area contributed by atoms with Gasteiger partial charge in [0.05, 0.1) is 42.4 Å². The molecule has 2 amide bonds. The second-order valence-electron chi connectivity index (χ2n) is 9.13. The molecule has 0 atom stereocenters. The maximum atomic E-state index is 13.0. The van der Waals surface area contributed by atoms with Gasteiger partial charge < -0.3 is 20.1 Å². The van der Waals surface area contributed by atoms with E-state index in [-0.39, 0.29) is 24.1 Å². The van der Waals surface area contributed by atoms with Crippen molar-refractivity contribution in [2.24, 2.45) is 0 Å². The summed E-state index contributed by atoms with van der Waals surface area (Å²) in [5.41, 5.74) is 4.16. The summed E-state index contributed by atoms with van der Waals surface area (Å²) in [6.07, 6.45) is 0. The number of nitrogens with one attached hydrogen (secondary N) is 2. The summed E-state index contributed by atoms with van der Waals surface area (Å²) < 4.78 is 13.5. The van der Waals surface area contributed by atoms with Crippen LogP contribution in [0, 0.1) is 13.8 Å². The number of carbonyl (C=O) groups excluding carboxylic acids is 2. The molecule has 5 aromatic rings.